The van der Waals surface area contributed by atoms with E-state index in [1.54, 1.807) is 0 Å². The van der Waals surface area contributed by atoms with Crippen molar-refractivity contribution in [3.63, 3.8) is 0 Å². The van der Waals surface area contributed by atoms with Gasteiger partial charge in [-0.3, -0.25) is 4.79 Å². The second-order valence-electron chi connectivity index (χ2n) is 6.78. The first-order chi connectivity index (χ1) is 11.5. The van der Waals surface area contributed by atoms with Gasteiger partial charge in [-0.15, -0.1) is 0 Å². The summed E-state index contributed by atoms with van der Waals surface area (Å²) in [6.07, 6.45) is 5.15. The van der Waals surface area contributed by atoms with Crippen LogP contribution in [0, 0.1) is 5.41 Å². The first kappa shape index (κ1) is 16.9. The van der Waals surface area contributed by atoms with Crippen molar-refractivity contribution in [3.05, 3.63) is 84.0 Å². The molecule has 0 fully saturated rings. The summed E-state index contributed by atoms with van der Waals surface area (Å²) in [6, 6.07) is 20.4. The molecule has 0 amide bonds. The SMILES string of the molecule is CC1=CC(C)(C(=O)P(c2ccccc2)c2ccccc2)CC(C)=C1. The van der Waals surface area contributed by atoms with Crippen molar-refractivity contribution in [2.24, 2.45) is 5.41 Å². The van der Waals surface area contributed by atoms with E-state index in [2.05, 4.69) is 57.2 Å². The Morgan fingerprint density at radius 2 is 1.42 bits per heavy atom. The quantitative estimate of drug-likeness (QED) is 0.723. The number of carbonyl (C=O) groups excluding carboxylic acids is 1. The van der Waals surface area contributed by atoms with E-state index in [1.165, 1.54) is 11.1 Å². The van der Waals surface area contributed by atoms with Gasteiger partial charge in [-0.2, -0.15) is 0 Å². The zero-order valence-corrected chi connectivity index (χ0v) is 15.4. The van der Waals surface area contributed by atoms with Crippen LogP contribution in [0.3, 0.4) is 0 Å². The van der Waals surface area contributed by atoms with Gasteiger partial charge < -0.3 is 0 Å². The maximum absolute atomic E-state index is 13.7. The lowest BCUT2D eigenvalue weighted by atomic mass is 9.79. The monoisotopic (exact) mass is 334 g/mol. The van der Waals surface area contributed by atoms with Crippen molar-refractivity contribution < 1.29 is 4.79 Å². The Labute approximate surface area is 145 Å². The minimum atomic E-state index is -1.03. The maximum Gasteiger partial charge on any atom is 0.173 e. The van der Waals surface area contributed by atoms with E-state index in [9.17, 15) is 4.79 Å². The normalized spacial score (nSPS) is 20.5. The van der Waals surface area contributed by atoms with E-state index in [4.69, 9.17) is 0 Å². The van der Waals surface area contributed by atoms with Crippen LogP contribution in [0.1, 0.15) is 27.2 Å². The Bertz CT molecular complexity index is 750. The number of carbonyl (C=O) groups is 1. The molecule has 122 valence electrons. The molecule has 0 aromatic heterocycles. The van der Waals surface area contributed by atoms with Crippen molar-refractivity contribution in [2.75, 3.05) is 0 Å². The molecule has 1 atom stereocenters. The van der Waals surface area contributed by atoms with Gasteiger partial charge in [-0.25, -0.2) is 0 Å². The summed E-state index contributed by atoms with van der Waals surface area (Å²) < 4.78 is 0. The molecule has 1 nitrogen and oxygen atoms in total. The molecular weight excluding hydrogens is 311 g/mol. The number of hydrogen-bond donors (Lipinski definition) is 0. The standard InChI is InChI=1S/C22H23OP/c1-17-14-18(2)16-22(3,15-17)21(23)24(19-10-6-4-7-11-19)20-12-8-5-9-13-20/h4-15H,16H2,1-3H3. The molecule has 0 aliphatic heterocycles. The highest BCUT2D eigenvalue weighted by atomic mass is 31.1. The third-order valence-electron chi connectivity index (χ3n) is 4.39. The fourth-order valence-electron chi connectivity index (χ4n) is 3.54. The summed E-state index contributed by atoms with van der Waals surface area (Å²) in [5, 5.41) is 2.26. The zero-order valence-electron chi connectivity index (χ0n) is 14.5. The molecule has 0 saturated heterocycles. The third-order valence-corrected chi connectivity index (χ3v) is 6.93. The average Bonchev–Trinajstić information content (AvgIpc) is 2.56. The average molecular weight is 334 g/mol. The predicted molar refractivity (Wildman–Crippen MR) is 104 cm³/mol. The number of benzene rings is 2. The van der Waals surface area contributed by atoms with E-state index in [0.29, 0.717) is 5.52 Å². The highest BCUT2D eigenvalue weighted by molar-refractivity contribution is 7.87. The van der Waals surface area contributed by atoms with E-state index in [-0.39, 0.29) is 0 Å². The third kappa shape index (κ3) is 3.42. The smallest absolute Gasteiger partial charge is 0.173 e. The molecule has 2 aromatic rings. The van der Waals surface area contributed by atoms with E-state index in [1.807, 2.05) is 36.4 Å². The predicted octanol–water partition coefficient (Wildman–Crippen LogP) is 4.95. The van der Waals surface area contributed by atoms with Crippen molar-refractivity contribution in [1.82, 2.24) is 0 Å². The Hall–Kier alpha value is -1.98. The molecule has 1 aliphatic carbocycles. The fraction of sp³-hybridized carbons (Fsp3) is 0.227. The second kappa shape index (κ2) is 6.87. The zero-order chi connectivity index (χ0) is 17.2. The van der Waals surface area contributed by atoms with Crippen LogP contribution in [0.15, 0.2) is 84.0 Å². The minimum Gasteiger partial charge on any atom is -0.293 e. The molecule has 3 rings (SSSR count). The number of rotatable bonds is 4. The van der Waals surface area contributed by atoms with Crippen LogP contribution in [0.4, 0.5) is 0 Å². The summed E-state index contributed by atoms with van der Waals surface area (Å²) >= 11 is 0. The van der Waals surface area contributed by atoms with Gasteiger partial charge in [-0.05, 0) is 37.8 Å². The van der Waals surface area contributed by atoms with Crippen molar-refractivity contribution in [2.45, 2.75) is 27.2 Å². The summed E-state index contributed by atoms with van der Waals surface area (Å²) in [6.45, 7) is 6.30. The molecule has 0 heterocycles. The molecule has 1 aliphatic rings. The molecule has 2 aromatic carbocycles. The van der Waals surface area contributed by atoms with Gasteiger partial charge in [0.2, 0.25) is 0 Å². The van der Waals surface area contributed by atoms with E-state index in [0.717, 1.165) is 17.0 Å². The van der Waals surface area contributed by atoms with E-state index < -0.39 is 13.3 Å². The number of allylic oxidation sites excluding steroid dienone is 4. The molecule has 0 saturated carbocycles. The lowest BCUT2D eigenvalue weighted by Gasteiger charge is -2.33. The Balaban J connectivity index is 2.07. The lowest BCUT2D eigenvalue weighted by molar-refractivity contribution is -0.117. The first-order valence-electron chi connectivity index (χ1n) is 8.31. The Kier molecular flexibility index (Phi) is 4.83. The molecule has 2 heteroatoms. The topological polar surface area (TPSA) is 17.1 Å². The summed E-state index contributed by atoms with van der Waals surface area (Å²) in [5.41, 5.74) is 2.37. The van der Waals surface area contributed by atoms with Crippen molar-refractivity contribution in [3.8, 4) is 0 Å². The summed E-state index contributed by atoms with van der Waals surface area (Å²) in [7, 11) is -1.03. The molecular formula is C22H23OP. The van der Waals surface area contributed by atoms with Crippen LogP contribution in [-0.4, -0.2) is 5.52 Å². The highest BCUT2D eigenvalue weighted by Crippen LogP contribution is 2.47. The maximum atomic E-state index is 13.7. The Morgan fingerprint density at radius 1 is 0.917 bits per heavy atom. The molecule has 1 unspecified atom stereocenters. The van der Waals surface area contributed by atoms with Gasteiger partial charge in [0.15, 0.2) is 5.52 Å². The molecule has 24 heavy (non-hydrogen) atoms. The van der Waals surface area contributed by atoms with Crippen LogP contribution in [0.25, 0.3) is 0 Å². The second-order valence-corrected chi connectivity index (χ2v) is 8.89. The number of hydrogen-bond acceptors (Lipinski definition) is 1. The highest BCUT2D eigenvalue weighted by Gasteiger charge is 2.38. The first-order valence-corrected chi connectivity index (χ1v) is 9.65. The largest absolute Gasteiger partial charge is 0.293 e. The van der Waals surface area contributed by atoms with Crippen molar-refractivity contribution >= 4 is 24.1 Å². The molecule has 0 radical (unpaired) electrons. The molecule has 0 bridgehead atoms. The summed E-state index contributed by atoms with van der Waals surface area (Å²) in [5.74, 6) is 0. The van der Waals surface area contributed by atoms with Crippen LogP contribution >= 0.6 is 7.92 Å². The molecule has 0 N–H and O–H groups in total. The minimum absolute atomic E-state index is 0.335. The van der Waals surface area contributed by atoms with Crippen LogP contribution in [0.5, 0.6) is 0 Å². The Morgan fingerprint density at radius 3 is 1.88 bits per heavy atom. The van der Waals surface area contributed by atoms with Gasteiger partial charge in [-0.1, -0.05) is 84.0 Å². The van der Waals surface area contributed by atoms with E-state index >= 15 is 0 Å². The van der Waals surface area contributed by atoms with Gasteiger partial charge in [0.05, 0.1) is 5.41 Å². The van der Waals surface area contributed by atoms with Gasteiger partial charge in [0.25, 0.3) is 0 Å². The van der Waals surface area contributed by atoms with Crippen LogP contribution in [-0.2, 0) is 4.79 Å². The fourth-order valence-corrected chi connectivity index (χ4v) is 5.91. The van der Waals surface area contributed by atoms with Crippen molar-refractivity contribution in [1.29, 1.82) is 0 Å². The van der Waals surface area contributed by atoms with Gasteiger partial charge in [0, 0.05) is 7.92 Å². The van der Waals surface area contributed by atoms with Crippen LogP contribution < -0.4 is 10.6 Å². The van der Waals surface area contributed by atoms with Crippen LogP contribution in [0.2, 0.25) is 0 Å². The molecule has 0 spiro atoms. The summed E-state index contributed by atoms with van der Waals surface area (Å²) in [4.78, 5) is 13.7. The van der Waals surface area contributed by atoms with Gasteiger partial charge >= 0.3 is 0 Å². The lowest BCUT2D eigenvalue weighted by Crippen LogP contribution is -2.32. The van der Waals surface area contributed by atoms with Gasteiger partial charge in [0.1, 0.15) is 0 Å².